The Morgan fingerprint density at radius 3 is 2.20 bits per heavy atom. The first-order valence-electron chi connectivity index (χ1n) is 23.8. The van der Waals surface area contributed by atoms with Gasteiger partial charge in [0.1, 0.15) is 24.4 Å². The summed E-state index contributed by atoms with van der Waals surface area (Å²) in [5.41, 5.74) is 8.06. The molecule has 0 unspecified atom stereocenters. The SMILES string of the molecule is CO[C@H]1C[C@@H]2CC[C@@H](C)[C@@](O)(O2)C(=O)C(=O)N2CCCC[C@H]2C(=O)O[C@H]([C@H](N)C[C@@H]2CC[C@@H](OC)[C@H](OC)C2)C[C@@H](O)[C@H](C)/C=C(\C)[C@@H](O)[C@@H](O)C(=O)[C@H](C)C[C@H](C)/C=C/C=C/C=C/1C. The third kappa shape index (κ3) is 14.4. The molecule has 0 aromatic carbocycles. The molecule has 368 valence electrons. The quantitative estimate of drug-likeness (QED) is 0.139. The molecule has 0 aromatic heterocycles. The number of rotatable bonds is 6. The van der Waals surface area contributed by atoms with Crippen molar-refractivity contribution in [2.75, 3.05) is 27.9 Å². The van der Waals surface area contributed by atoms with Crippen LogP contribution in [0.2, 0.25) is 0 Å². The van der Waals surface area contributed by atoms with E-state index >= 15 is 0 Å². The Morgan fingerprint density at radius 1 is 0.815 bits per heavy atom. The third-order valence-electron chi connectivity index (χ3n) is 14.5. The maximum atomic E-state index is 14.3. The predicted octanol–water partition coefficient (Wildman–Crippen LogP) is 4.66. The monoisotopic (exact) mass is 917 g/mol. The van der Waals surface area contributed by atoms with Gasteiger partial charge >= 0.3 is 5.97 Å². The molecule has 3 fully saturated rings. The van der Waals surface area contributed by atoms with E-state index in [2.05, 4.69) is 0 Å². The van der Waals surface area contributed by atoms with Crippen molar-refractivity contribution >= 4 is 23.4 Å². The largest absolute Gasteiger partial charge is 0.459 e. The highest BCUT2D eigenvalue weighted by Gasteiger charge is 2.53. The number of cyclic esters (lactones) is 1. The van der Waals surface area contributed by atoms with E-state index in [-0.39, 0.29) is 49.0 Å². The van der Waals surface area contributed by atoms with Crippen LogP contribution in [0.25, 0.3) is 0 Å². The maximum Gasteiger partial charge on any atom is 0.329 e. The van der Waals surface area contributed by atoms with E-state index in [9.17, 15) is 39.6 Å². The standard InChI is InChI=1S/C50H80N2O13/c1-29-15-11-10-12-16-30(2)41(62-8)27-36-20-18-34(6)50(60,65-36)47(57)48(58)52-22-14-13-17-38(52)49(59)64-42(37(51)25-35-19-21-40(61-7)43(26-35)63-9)28-39(53)31(3)24-33(5)45(55)46(56)44(54)32(4)23-29/h10-12,15-16,24,29,31-32,34-43,45-46,53,55-56,60H,13-14,17-23,25-28,51H2,1-9H3/b12-10+,15-11+,30-16+,33-24+/t29-,31-,32-,34-,35+,36+,37-,38+,39-,40-,41+,42+,43-,45-,46+,50-/m1/s1. The number of methoxy groups -OCH3 is 3. The summed E-state index contributed by atoms with van der Waals surface area (Å²) in [4.78, 5) is 57.3. The average molecular weight is 917 g/mol. The van der Waals surface area contributed by atoms with Crippen LogP contribution in [-0.2, 0) is 42.9 Å². The number of allylic oxidation sites excluding steroid dienone is 5. The van der Waals surface area contributed by atoms with E-state index in [1.807, 2.05) is 44.2 Å². The second-order valence-electron chi connectivity index (χ2n) is 19.5. The fraction of sp³-hybridized carbons (Fsp3) is 0.760. The number of nitrogens with zero attached hydrogens (tertiary/aromatic N) is 1. The van der Waals surface area contributed by atoms with Crippen LogP contribution in [0.15, 0.2) is 47.6 Å². The van der Waals surface area contributed by atoms with Gasteiger partial charge in [0.2, 0.25) is 5.79 Å². The number of hydrogen-bond donors (Lipinski definition) is 5. The van der Waals surface area contributed by atoms with Gasteiger partial charge in [-0.25, -0.2) is 4.79 Å². The highest BCUT2D eigenvalue weighted by Crippen LogP contribution is 2.37. The fourth-order valence-electron chi connectivity index (χ4n) is 10.1. The summed E-state index contributed by atoms with van der Waals surface area (Å²) in [6.07, 6.45) is 9.81. The molecule has 6 N–H and O–H groups in total. The van der Waals surface area contributed by atoms with Gasteiger partial charge in [0, 0.05) is 64.5 Å². The lowest BCUT2D eigenvalue weighted by Crippen LogP contribution is -2.61. The lowest BCUT2D eigenvalue weighted by molar-refractivity contribution is -0.265. The highest BCUT2D eigenvalue weighted by atomic mass is 16.6. The molecule has 1 amide bonds. The van der Waals surface area contributed by atoms with Gasteiger partial charge in [-0.1, -0.05) is 64.2 Å². The Hall–Kier alpha value is -3.12. The van der Waals surface area contributed by atoms with Gasteiger partial charge in [-0.15, -0.1) is 0 Å². The Labute approximate surface area is 386 Å². The number of carbonyl (C=O) groups excluding carboxylic acids is 4. The third-order valence-corrected chi connectivity index (χ3v) is 14.5. The van der Waals surface area contributed by atoms with Crippen molar-refractivity contribution in [3.63, 3.8) is 0 Å². The lowest BCUT2D eigenvalue weighted by Gasteiger charge is -2.42. The molecule has 0 spiro atoms. The van der Waals surface area contributed by atoms with E-state index in [1.165, 1.54) is 4.90 Å². The zero-order valence-electron chi connectivity index (χ0n) is 40.3. The molecule has 3 heterocycles. The molecule has 3 aliphatic heterocycles. The number of hydrogen-bond acceptors (Lipinski definition) is 14. The minimum atomic E-state index is -2.44. The Kier molecular flexibility index (Phi) is 21.2. The maximum absolute atomic E-state index is 14.3. The molecule has 16 atom stereocenters. The van der Waals surface area contributed by atoms with Crippen LogP contribution in [0, 0.1) is 29.6 Å². The number of nitrogens with two attached hydrogens (primary N) is 1. The summed E-state index contributed by atoms with van der Waals surface area (Å²) in [6, 6.07) is -1.92. The minimum absolute atomic E-state index is 0.0299. The molecule has 4 rings (SSSR count). The number of ether oxygens (including phenoxy) is 5. The van der Waals surface area contributed by atoms with Gasteiger partial charge in [-0.05, 0) is 101 Å². The van der Waals surface area contributed by atoms with Crippen LogP contribution >= 0.6 is 0 Å². The predicted molar refractivity (Wildman–Crippen MR) is 245 cm³/mol. The number of fused-ring (bicyclic) bond motifs is 3. The van der Waals surface area contributed by atoms with Crippen molar-refractivity contribution in [3.8, 4) is 0 Å². The van der Waals surface area contributed by atoms with Crippen molar-refractivity contribution in [2.45, 2.75) is 185 Å². The summed E-state index contributed by atoms with van der Waals surface area (Å²) in [7, 11) is 4.86. The van der Waals surface area contributed by atoms with Crippen LogP contribution < -0.4 is 5.73 Å². The first kappa shape index (κ1) is 54.5. The van der Waals surface area contributed by atoms with Gasteiger partial charge < -0.3 is 54.7 Å². The minimum Gasteiger partial charge on any atom is -0.459 e. The van der Waals surface area contributed by atoms with Crippen LogP contribution in [-0.4, -0.2) is 143 Å². The first-order chi connectivity index (χ1) is 30.7. The Bertz CT molecular complexity index is 1710. The topological polar surface area (TPSA) is 225 Å². The summed E-state index contributed by atoms with van der Waals surface area (Å²) in [5.74, 6) is -7.76. The number of ketones is 2. The molecule has 1 saturated carbocycles. The van der Waals surface area contributed by atoms with E-state index in [1.54, 1.807) is 55.1 Å². The number of piperidine rings is 1. The first-order valence-corrected chi connectivity index (χ1v) is 23.8. The zero-order chi connectivity index (χ0) is 48.2. The van der Waals surface area contributed by atoms with E-state index in [0.717, 1.165) is 18.4 Å². The summed E-state index contributed by atoms with van der Waals surface area (Å²) in [5, 5.41) is 45.8. The van der Waals surface area contributed by atoms with Crippen molar-refractivity contribution in [3.05, 3.63) is 47.6 Å². The second-order valence-corrected chi connectivity index (χ2v) is 19.5. The van der Waals surface area contributed by atoms with E-state index in [4.69, 9.17) is 29.4 Å². The zero-order valence-corrected chi connectivity index (χ0v) is 40.3. The van der Waals surface area contributed by atoms with Gasteiger partial charge in [-0.3, -0.25) is 14.4 Å². The van der Waals surface area contributed by atoms with Crippen LogP contribution in [0.5, 0.6) is 0 Å². The molecular formula is C50H80N2O13. The molecule has 65 heavy (non-hydrogen) atoms. The Morgan fingerprint density at radius 2 is 1.52 bits per heavy atom. The number of aliphatic hydroxyl groups is 4. The fourth-order valence-corrected chi connectivity index (χ4v) is 10.1. The molecule has 0 radical (unpaired) electrons. The Balaban J connectivity index is 1.69. The second kappa shape index (κ2) is 25.3. The van der Waals surface area contributed by atoms with Gasteiger partial charge in [0.05, 0.1) is 30.5 Å². The molecule has 4 aliphatic rings. The smallest absolute Gasteiger partial charge is 0.329 e. The molecule has 15 nitrogen and oxygen atoms in total. The number of carbonyl (C=O) groups is 4. The van der Waals surface area contributed by atoms with E-state index < -0.39 is 95.7 Å². The summed E-state index contributed by atoms with van der Waals surface area (Å²) in [6.45, 7) is 10.6. The van der Waals surface area contributed by atoms with Gasteiger partial charge in [0.15, 0.2) is 5.78 Å². The van der Waals surface area contributed by atoms with Crippen LogP contribution in [0.4, 0.5) is 0 Å². The molecule has 0 aromatic rings. The molecule has 2 bridgehead atoms. The highest BCUT2D eigenvalue weighted by molar-refractivity contribution is 6.39. The summed E-state index contributed by atoms with van der Waals surface area (Å²) >= 11 is 0. The average Bonchev–Trinajstić information content (AvgIpc) is 3.29. The van der Waals surface area contributed by atoms with Crippen LogP contribution in [0.1, 0.15) is 119 Å². The number of amides is 1. The molecule has 2 saturated heterocycles. The normalized spacial score (nSPS) is 41.5. The number of Topliss-reactive ketones (excluding diaryl/α,β-unsaturated/α-hetero) is 2. The van der Waals surface area contributed by atoms with Crippen molar-refractivity contribution in [2.24, 2.45) is 35.3 Å². The molecule has 15 heteroatoms. The van der Waals surface area contributed by atoms with Crippen molar-refractivity contribution in [1.29, 1.82) is 0 Å². The van der Waals surface area contributed by atoms with Crippen molar-refractivity contribution < 1.29 is 63.3 Å². The summed E-state index contributed by atoms with van der Waals surface area (Å²) < 4.78 is 29.5. The number of aliphatic hydroxyl groups excluding tert-OH is 3. The van der Waals surface area contributed by atoms with Gasteiger partial charge in [0.25, 0.3) is 11.7 Å². The number of esters is 1. The van der Waals surface area contributed by atoms with Crippen molar-refractivity contribution in [1.82, 2.24) is 4.90 Å². The molecule has 1 aliphatic carbocycles. The van der Waals surface area contributed by atoms with E-state index in [0.29, 0.717) is 51.4 Å². The van der Waals surface area contributed by atoms with Gasteiger partial charge in [-0.2, -0.15) is 0 Å². The van der Waals surface area contributed by atoms with Crippen LogP contribution in [0.3, 0.4) is 0 Å². The lowest BCUT2D eigenvalue weighted by atomic mass is 9.80. The molecular weight excluding hydrogens is 837 g/mol.